The summed E-state index contributed by atoms with van der Waals surface area (Å²) < 4.78 is 32.8. The van der Waals surface area contributed by atoms with Gasteiger partial charge in [-0.25, -0.2) is 14.5 Å². The number of ether oxygens (including phenoxy) is 1. The number of nitrogens with one attached hydrogen (secondary N) is 2. The lowest BCUT2D eigenvalue weighted by Crippen LogP contribution is -2.34. The summed E-state index contributed by atoms with van der Waals surface area (Å²) in [5.41, 5.74) is 0.506. The van der Waals surface area contributed by atoms with Crippen LogP contribution in [0, 0.1) is 0 Å². The van der Waals surface area contributed by atoms with E-state index in [0.717, 1.165) is 38.5 Å². The molecule has 2 amide bonds. The van der Waals surface area contributed by atoms with Gasteiger partial charge in [0.05, 0.1) is 12.7 Å². The first-order valence-corrected chi connectivity index (χ1v) is 19.3. The summed E-state index contributed by atoms with van der Waals surface area (Å²) in [5.74, 6) is 0.605. The number of amides is 2. The molecule has 1 aliphatic heterocycles. The number of hydrogen-bond acceptors (Lipinski definition) is 7. The van der Waals surface area contributed by atoms with Gasteiger partial charge in [0.2, 0.25) is 12.3 Å². The van der Waals surface area contributed by atoms with Crippen LogP contribution >= 0.6 is 8.53 Å². The van der Waals surface area contributed by atoms with Crippen molar-refractivity contribution in [2.75, 3.05) is 26.7 Å². The van der Waals surface area contributed by atoms with E-state index in [0.29, 0.717) is 43.8 Å². The minimum atomic E-state index is -1.59. The lowest BCUT2D eigenvalue weighted by Gasteiger charge is -2.24. The molecule has 1 fully saturated rings. The molecule has 0 aliphatic carbocycles. The van der Waals surface area contributed by atoms with Gasteiger partial charge in [-0.2, -0.15) is 0 Å². The zero-order chi connectivity index (χ0) is 37.5. The topological polar surface area (TPSA) is 101 Å². The molecule has 1 aromatic carbocycles. The summed E-state index contributed by atoms with van der Waals surface area (Å²) in [5, 5.41) is 6.15. The Balaban J connectivity index is 1.62. The molecule has 1 aliphatic rings. The second kappa shape index (κ2) is 29.6. The molecule has 0 saturated carbocycles. The van der Waals surface area contributed by atoms with Crippen molar-refractivity contribution >= 4 is 26.6 Å². The second-order valence-electron chi connectivity index (χ2n) is 11.9. The summed E-state index contributed by atoms with van der Waals surface area (Å²) in [4.78, 5) is 28.1. The summed E-state index contributed by atoms with van der Waals surface area (Å²) in [6, 6.07) is 9.28. The van der Waals surface area contributed by atoms with Crippen LogP contribution < -0.4 is 14.9 Å². The largest absolute Gasteiger partial charge is 0.436 e. The first-order valence-electron chi connectivity index (χ1n) is 18.2. The van der Waals surface area contributed by atoms with E-state index in [1.54, 1.807) is 31.1 Å². The van der Waals surface area contributed by atoms with Gasteiger partial charge in [-0.3, -0.25) is 9.59 Å². The molecule has 52 heavy (non-hydrogen) atoms. The number of para-hydroxylation sites is 1. The summed E-state index contributed by atoms with van der Waals surface area (Å²) in [7, 11) is 0.117. The normalized spacial score (nSPS) is 19.1. The number of carbonyl (C=O) groups is 2. The fourth-order valence-electron chi connectivity index (χ4n) is 4.72. The van der Waals surface area contributed by atoms with E-state index in [-0.39, 0.29) is 18.9 Å². The van der Waals surface area contributed by atoms with Gasteiger partial charge in [-0.05, 0) is 70.1 Å². The molecule has 1 heterocycles. The van der Waals surface area contributed by atoms with Gasteiger partial charge < -0.3 is 24.0 Å². The molecule has 0 spiro atoms. The van der Waals surface area contributed by atoms with E-state index in [1.165, 1.54) is 0 Å². The molecule has 4 unspecified atom stereocenters. The van der Waals surface area contributed by atoms with Crippen LogP contribution in [0.15, 0.2) is 121 Å². The van der Waals surface area contributed by atoms with Crippen LogP contribution in [0.25, 0.3) is 0 Å². The Bertz CT molecular complexity index is 1360. The summed E-state index contributed by atoms with van der Waals surface area (Å²) >= 11 is 0. The van der Waals surface area contributed by atoms with Gasteiger partial charge in [-0.15, -0.1) is 0 Å². The molecule has 0 aromatic heterocycles. The quantitative estimate of drug-likeness (QED) is 0.0306. The van der Waals surface area contributed by atoms with Gasteiger partial charge >= 0.3 is 8.53 Å². The van der Waals surface area contributed by atoms with Gasteiger partial charge in [0.25, 0.3) is 0 Å². The molecule has 0 radical (unpaired) electrons. The third-order valence-corrected chi connectivity index (χ3v) is 8.71. The van der Waals surface area contributed by atoms with Crippen LogP contribution in [-0.2, 0) is 18.8 Å². The molecule has 9 nitrogen and oxygen atoms in total. The Morgan fingerprint density at radius 3 is 2.13 bits per heavy atom. The molecule has 11 heteroatoms. The van der Waals surface area contributed by atoms with Crippen LogP contribution in [0.2, 0.25) is 0 Å². The number of allylic oxidation sites excluding steroid dienone is 13. The van der Waals surface area contributed by atoms with E-state index >= 15 is 0 Å². The van der Waals surface area contributed by atoms with Gasteiger partial charge in [0.15, 0.2) is 6.23 Å². The van der Waals surface area contributed by atoms with Crippen molar-refractivity contribution in [2.45, 2.75) is 90.1 Å². The molecular formula is C41H58FN4O5P. The molecule has 4 atom stereocenters. The highest BCUT2D eigenvalue weighted by Gasteiger charge is 2.38. The highest BCUT2D eigenvalue weighted by Crippen LogP contribution is 2.37. The first-order chi connectivity index (χ1) is 25.4. The maximum absolute atomic E-state index is 14.8. The second-order valence-corrected chi connectivity index (χ2v) is 13.2. The van der Waals surface area contributed by atoms with Crippen molar-refractivity contribution < 1.29 is 27.8 Å². The van der Waals surface area contributed by atoms with E-state index in [4.69, 9.17) is 13.8 Å². The Hall–Kier alpha value is -3.95. The maximum atomic E-state index is 14.8. The number of benzene rings is 1. The monoisotopic (exact) mass is 736 g/mol. The predicted molar refractivity (Wildman–Crippen MR) is 213 cm³/mol. The fourth-order valence-corrected chi connectivity index (χ4v) is 5.84. The Kier molecular flexibility index (Phi) is 25.2. The standard InChI is InChI=1S/C41H58FN4O5P/c1-4-5-6-7-8-9-10-11-12-13-14-15-16-17-18-19-20-21-25-28-40(48)43-30-31-45-52(51-37-26-23-22-24-27-37)49-34-38-33-39(42)41(50-38)46(3)32-29-36(2)44-35-47/h5-6,8-9,11-12,14-15,17-18,20-24,26-27,29,32,35,38-39,41,45H,4,7,10,13,16,19,25,28,30-31,33-34H2,1-3H3,(H,43,48)/b6-5-,9-8-,12-11-,15-14-,18-17-,21-20-,32-29-,44-36?. The average molecular weight is 737 g/mol. The van der Waals surface area contributed by atoms with Gasteiger partial charge in [-0.1, -0.05) is 98.0 Å². The number of nitrogens with zero attached hydrogens (tertiary/aromatic N) is 2. The van der Waals surface area contributed by atoms with Crippen molar-refractivity contribution in [1.29, 1.82) is 0 Å². The fraction of sp³-hybridized carbons (Fsp3) is 0.439. The van der Waals surface area contributed by atoms with E-state index in [1.807, 2.05) is 36.4 Å². The van der Waals surface area contributed by atoms with Crippen molar-refractivity contribution in [3.05, 3.63) is 116 Å². The highest BCUT2D eigenvalue weighted by atomic mass is 31.2. The first kappa shape index (κ1) is 44.2. The van der Waals surface area contributed by atoms with Crippen molar-refractivity contribution in [3.8, 4) is 5.75 Å². The Morgan fingerprint density at radius 2 is 1.54 bits per heavy atom. The zero-order valence-corrected chi connectivity index (χ0v) is 31.9. The molecule has 2 rings (SSSR count). The van der Waals surface area contributed by atoms with Crippen molar-refractivity contribution in [1.82, 2.24) is 15.3 Å². The third-order valence-electron chi connectivity index (χ3n) is 7.47. The average Bonchev–Trinajstić information content (AvgIpc) is 3.52. The predicted octanol–water partition coefficient (Wildman–Crippen LogP) is 9.01. The van der Waals surface area contributed by atoms with Gasteiger partial charge in [0, 0.05) is 44.9 Å². The number of halogens is 1. The number of alkyl halides is 1. The van der Waals surface area contributed by atoms with Crippen LogP contribution in [-0.4, -0.2) is 68.2 Å². The van der Waals surface area contributed by atoms with Crippen molar-refractivity contribution in [3.63, 3.8) is 0 Å². The highest BCUT2D eigenvalue weighted by molar-refractivity contribution is 7.45. The Morgan fingerprint density at radius 1 is 0.942 bits per heavy atom. The summed E-state index contributed by atoms with van der Waals surface area (Å²) in [6.07, 6.45) is 34.2. The molecule has 1 saturated heterocycles. The lowest BCUT2D eigenvalue weighted by atomic mass is 10.2. The zero-order valence-electron chi connectivity index (χ0n) is 31.0. The van der Waals surface area contributed by atoms with E-state index in [2.05, 4.69) is 89.2 Å². The molecular weight excluding hydrogens is 678 g/mol. The van der Waals surface area contributed by atoms with Crippen LogP contribution in [0.5, 0.6) is 5.75 Å². The number of rotatable bonds is 27. The van der Waals surface area contributed by atoms with E-state index in [9.17, 15) is 14.0 Å². The third kappa shape index (κ3) is 22.1. The smallest absolute Gasteiger partial charge is 0.318 e. The molecule has 1 aromatic rings. The van der Waals surface area contributed by atoms with Crippen LogP contribution in [0.1, 0.15) is 71.6 Å². The van der Waals surface area contributed by atoms with Crippen LogP contribution in [0.4, 0.5) is 4.39 Å². The number of hydrogen-bond donors (Lipinski definition) is 2. The maximum Gasteiger partial charge on any atom is 0.318 e. The number of aliphatic imine (C=N–C) groups is 1. The SMILES string of the molecule is CC/C=C\C/C=C\C/C=C\C/C=C\C/C=C\C/C=C\CCC(=O)NCCNP(OCC1CC(F)C(N(C)/C=C\C(C)=NC=O)O1)Oc1ccccc1. The molecule has 0 bridgehead atoms. The van der Waals surface area contributed by atoms with Crippen molar-refractivity contribution in [2.24, 2.45) is 4.99 Å². The molecule has 284 valence electrons. The lowest BCUT2D eigenvalue weighted by molar-refractivity contribution is -0.121. The molecule has 2 N–H and O–H groups in total. The minimum Gasteiger partial charge on any atom is -0.436 e. The Labute approximate surface area is 312 Å². The van der Waals surface area contributed by atoms with Crippen LogP contribution in [0.3, 0.4) is 0 Å². The minimum absolute atomic E-state index is 0.0271. The number of carbonyl (C=O) groups excluding carboxylic acids is 2. The van der Waals surface area contributed by atoms with Gasteiger partial charge in [0.1, 0.15) is 11.9 Å². The summed E-state index contributed by atoms with van der Waals surface area (Å²) in [6.45, 7) is 4.79. The van der Waals surface area contributed by atoms with E-state index < -0.39 is 27.0 Å².